The summed E-state index contributed by atoms with van der Waals surface area (Å²) < 4.78 is 5.00. The lowest BCUT2D eigenvalue weighted by Gasteiger charge is -2.14. The molecule has 2 amide bonds. The molecule has 1 aromatic carbocycles. The topological polar surface area (TPSA) is 42.0 Å². The van der Waals surface area contributed by atoms with E-state index in [4.69, 9.17) is 21.2 Å². The zero-order chi connectivity index (χ0) is 12.4. The highest BCUT2D eigenvalue weighted by atomic mass is 35.5. The molecule has 0 aromatic heterocycles. The lowest BCUT2D eigenvalue weighted by molar-refractivity contribution is -0.241. The monoisotopic (exact) mass is 256 g/mol. The van der Waals surface area contributed by atoms with E-state index in [9.17, 15) is 4.79 Å². The maximum Gasteiger partial charge on any atom is 0.348 e. The molecule has 5 nitrogen and oxygen atoms in total. The third-order valence-electron chi connectivity index (χ3n) is 2.52. The van der Waals surface area contributed by atoms with Gasteiger partial charge in [0.1, 0.15) is 0 Å². The van der Waals surface area contributed by atoms with E-state index in [1.807, 2.05) is 18.2 Å². The van der Waals surface area contributed by atoms with E-state index in [1.54, 1.807) is 13.1 Å². The van der Waals surface area contributed by atoms with Gasteiger partial charge in [-0.2, -0.15) is 5.06 Å². The van der Waals surface area contributed by atoms with E-state index < -0.39 is 6.41 Å². The number of hydrogen-bond acceptors (Lipinski definition) is 3. The van der Waals surface area contributed by atoms with Gasteiger partial charge in [-0.1, -0.05) is 29.8 Å². The van der Waals surface area contributed by atoms with E-state index in [2.05, 4.69) is 0 Å². The van der Waals surface area contributed by atoms with Crippen molar-refractivity contribution in [1.82, 2.24) is 9.96 Å². The lowest BCUT2D eigenvalue weighted by Crippen LogP contribution is -2.31. The van der Waals surface area contributed by atoms with Crippen LogP contribution in [0.4, 0.5) is 4.79 Å². The molecule has 0 spiro atoms. The molecule has 1 fully saturated rings. The fraction of sp³-hybridized carbons (Fsp3) is 0.364. The number of urea groups is 1. The highest BCUT2D eigenvalue weighted by molar-refractivity contribution is 6.31. The van der Waals surface area contributed by atoms with Crippen LogP contribution in [0.15, 0.2) is 24.3 Å². The van der Waals surface area contributed by atoms with Crippen LogP contribution in [0.3, 0.4) is 0 Å². The highest BCUT2D eigenvalue weighted by Crippen LogP contribution is 2.22. The molecule has 0 radical (unpaired) electrons. The molecule has 0 saturated carbocycles. The van der Waals surface area contributed by atoms with Crippen molar-refractivity contribution >= 4 is 17.6 Å². The summed E-state index contributed by atoms with van der Waals surface area (Å²) >= 11 is 6.02. The van der Waals surface area contributed by atoms with Crippen LogP contribution in [0.1, 0.15) is 5.56 Å². The summed E-state index contributed by atoms with van der Waals surface area (Å²) in [6, 6.07) is 7.06. The van der Waals surface area contributed by atoms with E-state index in [-0.39, 0.29) is 6.03 Å². The van der Waals surface area contributed by atoms with Crippen LogP contribution in [0.2, 0.25) is 5.02 Å². The molecule has 1 heterocycles. The molecular weight excluding hydrogens is 244 g/mol. The molecule has 1 saturated heterocycles. The molecule has 1 aromatic rings. The minimum atomic E-state index is -0.676. The van der Waals surface area contributed by atoms with Crippen molar-refractivity contribution in [1.29, 1.82) is 0 Å². The summed E-state index contributed by atoms with van der Waals surface area (Å²) in [5, 5.41) is 1.84. The van der Waals surface area contributed by atoms with Gasteiger partial charge < -0.3 is 4.74 Å². The van der Waals surface area contributed by atoms with Gasteiger partial charge in [0.2, 0.25) is 0 Å². The number of halogens is 1. The van der Waals surface area contributed by atoms with Gasteiger partial charge in [-0.15, -0.1) is 0 Å². The van der Waals surface area contributed by atoms with Crippen LogP contribution in [-0.4, -0.2) is 36.6 Å². The quantitative estimate of drug-likeness (QED) is 0.831. The molecular formula is C11H13ClN2O3. The first-order valence-corrected chi connectivity index (χ1v) is 5.48. The largest absolute Gasteiger partial charge is 0.348 e. The van der Waals surface area contributed by atoms with E-state index in [0.29, 0.717) is 11.6 Å². The number of amides is 2. The molecule has 1 atom stereocenters. The van der Waals surface area contributed by atoms with Gasteiger partial charge in [-0.3, -0.25) is 4.90 Å². The molecule has 0 N–H and O–H groups in total. The van der Waals surface area contributed by atoms with Crippen molar-refractivity contribution < 1.29 is 14.4 Å². The number of ether oxygens (including phenoxy) is 1. The van der Waals surface area contributed by atoms with Crippen LogP contribution >= 0.6 is 11.6 Å². The Hall–Kier alpha value is -1.30. The highest BCUT2D eigenvalue weighted by Gasteiger charge is 2.36. The minimum Gasteiger partial charge on any atom is -0.337 e. The van der Waals surface area contributed by atoms with Crippen LogP contribution in [0.5, 0.6) is 0 Å². The second kappa shape index (κ2) is 4.91. The van der Waals surface area contributed by atoms with Gasteiger partial charge in [-0.05, 0) is 11.6 Å². The number of hydrogen-bond donors (Lipinski definition) is 0. The Labute approximate surface area is 104 Å². The number of benzene rings is 1. The summed E-state index contributed by atoms with van der Waals surface area (Å²) in [7, 11) is 3.09. The Morgan fingerprint density at radius 2 is 2.18 bits per heavy atom. The van der Waals surface area contributed by atoms with Crippen LogP contribution in [0.25, 0.3) is 0 Å². The average Bonchev–Trinajstić information content (AvgIpc) is 2.60. The number of rotatable bonds is 3. The number of nitrogens with zero attached hydrogens (tertiary/aromatic N) is 2. The standard InChI is InChI=1S/C11H13ClN2O3/c1-13-10(15)14(17-11(13)16-2)7-8-5-3-4-6-9(8)12/h3-6,11H,7H2,1-2H3. The molecule has 0 bridgehead atoms. The fourth-order valence-electron chi connectivity index (χ4n) is 1.58. The molecule has 2 rings (SSSR count). The average molecular weight is 257 g/mol. The van der Waals surface area contributed by atoms with Crippen LogP contribution in [0, 0.1) is 0 Å². The summed E-state index contributed by atoms with van der Waals surface area (Å²) in [5.41, 5.74) is 0.827. The molecule has 0 aliphatic carbocycles. The molecule has 17 heavy (non-hydrogen) atoms. The number of carbonyl (C=O) groups is 1. The van der Waals surface area contributed by atoms with Gasteiger partial charge >= 0.3 is 6.03 Å². The third-order valence-corrected chi connectivity index (χ3v) is 2.89. The van der Waals surface area contributed by atoms with Gasteiger partial charge in [0, 0.05) is 19.2 Å². The Kier molecular flexibility index (Phi) is 3.51. The molecule has 92 valence electrons. The Morgan fingerprint density at radius 1 is 1.47 bits per heavy atom. The predicted octanol–water partition coefficient (Wildman–Crippen LogP) is 2.07. The Morgan fingerprint density at radius 3 is 2.76 bits per heavy atom. The summed E-state index contributed by atoms with van der Waals surface area (Å²) in [6.45, 7) is 0.294. The van der Waals surface area contributed by atoms with E-state index >= 15 is 0 Å². The first-order valence-electron chi connectivity index (χ1n) is 5.11. The SMILES string of the molecule is COC1ON(Cc2ccccc2Cl)C(=O)N1C. The third kappa shape index (κ3) is 2.36. The first-order chi connectivity index (χ1) is 8.13. The van der Waals surface area contributed by atoms with Crippen molar-refractivity contribution in [3.63, 3.8) is 0 Å². The van der Waals surface area contributed by atoms with Gasteiger partial charge in [0.05, 0.1) is 6.54 Å². The second-order valence-corrected chi connectivity index (χ2v) is 4.08. The van der Waals surface area contributed by atoms with Crippen molar-refractivity contribution in [3.05, 3.63) is 34.9 Å². The maximum atomic E-state index is 11.8. The van der Waals surface area contributed by atoms with Crippen LogP contribution < -0.4 is 0 Å². The van der Waals surface area contributed by atoms with Gasteiger partial charge in [0.25, 0.3) is 6.41 Å². The predicted molar refractivity (Wildman–Crippen MR) is 62.0 cm³/mol. The van der Waals surface area contributed by atoms with Crippen molar-refractivity contribution in [2.75, 3.05) is 14.2 Å². The number of hydroxylamine groups is 2. The zero-order valence-electron chi connectivity index (χ0n) is 9.59. The molecule has 1 unspecified atom stereocenters. The Balaban J connectivity index is 2.11. The molecule has 1 aliphatic rings. The second-order valence-electron chi connectivity index (χ2n) is 3.67. The molecule has 1 aliphatic heterocycles. The Bertz CT molecular complexity index is 427. The zero-order valence-corrected chi connectivity index (χ0v) is 10.3. The minimum absolute atomic E-state index is 0.253. The number of carbonyl (C=O) groups excluding carboxylic acids is 1. The normalized spacial score (nSPS) is 20.2. The van der Waals surface area contributed by atoms with Crippen molar-refractivity contribution in [3.8, 4) is 0 Å². The fourth-order valence-corrected chi connectivity index (χ4v) is 1.77. The smallest absolute Gasteiger partial charge is 0.337 e. The lowest BCUT2D eigenvalue weighted by atomic mass is 10.2. The van der Waals surface area contributed by atoms with E-state index in [0.717, 1.165) is 5.56 Å². The van der Waals surface area contributed by atoms with Crippen molar-refractivity contribution in [2.45, 2.75) is 13.0 Å². The maximum absolute atomic E-state index is 11.8. The van der Waals surface area contributed by atoms with Crippen molar-refractivity contribution in [2.24, 2.45) is 0 Å². The van der Waals surface area contributed by atoms with Gasteiger partial charge in [-0.25, -0.2) is 9.63 Å². The first kappa shape index (κ1) is 12.2. The van der Waals surface area contributed by atoms with Crippen LogP contribution in [-0.2, 0) is 16.1 Å². The summed E-state index contributed by atoms with van der Waals surface area (Å²) in [4.78, 5) is 18.5. The summed E-state index contributed by atoms with van der Waals surface area (Å²) in [6.07, 6.45) is -0.676. The van der Waals surface area contributed by atoms with E-state index in [1.165, 1.54) is 17.1 Å². The van der Waals surface area contributed by atoms with Gasteiger partial charge in [0.15, 0.2) is 0 Å². The summed E-state index contributed by atoms with van der Waals surface area (Å²) in [5.74, 6) is 0. The number of methoxy groups -OCH3 is 1. The molecule has 6 heteroatoms.